The van der Waals surface area contributed by atoms with E-state index >= 15 is 0 Å². The molecule has 1 aliphatic heterocycles. The van der Waals surface area contributed by atoms with Crippen LogP contribution in [0.15, 0.2) is 36.5 Å². The lowest BCUT2D eigenvalue weighted by Crippen LogP contribution is -2.36. The van der Waals surface area contributed by atoms with Crippen molar-refractivity contribution in [3.8, 4) is 0 Å². The lowest BCUT2D eigenvalue weighted by atomic mass is 10.2. The quantitative estimate of drug-likeness (QED) is 0.940. The number of nitrogens with zero attached hydrogens (tertiary/aromatic N) is 3. The van der Waals surface area contributed by atoms with E-state index in [0.29, 0.717) is 24.8 Å². The summed E-state index contributed by atoms with van der Waals surface area (Å²) in [4.78, 5) is 10.6. The number of rotatable bonds is 3. The first-order valence-corrected chi connectivity index (χ1v) is 7.12. The van der Waals surface area contributed by atoms with Crippen LogP contribution in [0.5, 0.6) is 0 Å². The minimum atomic E-state index is -4.34. The number of hydrogen-bond donors (Lipinski definition) is 1. The third-order valence-corrected chi connectivity index (χ3v) is 3.44. The highest BCUT2D eigenvalue weighted by Crippen LogP contribution is 2.30. The molecule has 2 heterocycles. The number of hydrogen-bond acceptors (Lipinski definition) is 5. The van der Waals surface area contributed by atoms with Crippen molar-refractivity contribution in [1.82, 2.24) is 9.97 Å². The fourth-order valence-electron chi connectivity index (χ4n) is 2.25. The summed E-state index contributed by atoms with van der Waals surface area (Å²) in [6, 6.07) is 6.55. The molecule has 1 aromatic heterocycles. The van der Waals surface area contributed by atoms with Gasteiger partial charge in [0, 0.05) is 25.0 Å². The molecular formula is C15H15F3N4O. The molecule has 1 aromatic carbocycles. The summed E-state index contributed by atoms with van der Waals surface area (Å²) in [6.07, 6.45) is -2.73. The second-order valence-electron chi connectivity index (χ2n) is 5.04. The Morgan fingerprint density at radius 3 is 2.39 bits per heavy atom. The maximum Gasteiger partial charge on any atom is 0.416 e. The standard InChI is InChI=1S/C15H15F3N4O/c16-15(17,18)11-1-3-12(4-2-11)20-14-19-6-5-13(21-14)22-7-9-23-10-8-22/h1-6H,7-10H2,(H,19,20,21). The van der Waals surface area contributed by atoms with Gasteiger partial charge < -0.3 is 15.0 Å². The molecule has 0 radical (unpaired) electrons. The van der Waals surface area contributed by atoms with Crippen molar-refractivity contribution in [2.24, 2.45) is 0 Å². The molecular weight excluding hydrogens is 309 g/mol. The summed E-state index contributed by atoms with van der Waals surface area (Å²) in [5.74, 6) is 1.10. The first-order chi connectivity index (χ1) is 11.0. The summed E-state index contributed by atoms with van der Waals surface area (Å²) >= 11 is 0. The normalized spacial score (nSPS) is 15.5. The predicted octanol–water partition coefficient (Wildman–Crippen LogP) is 3.08. The Kier molecular flexibility index (Phi) is 4.33. The van der Waals surface area contributed by atoms with Crippen LogP contribution in [0.1, 0.15) is 5.56 Å². The molecule has 3 rings (SSSR count). The average molecular weight is 324 g/mol. The van der Waals surface area contributed by atoms with Crippen molar-refractivity contribution in [2.75, 3.05) is 36.5 Å². The van der Waals surface area contributed by atoms with E-state index in [1.54, 1.807) is 12.3 Å². The van der Waals surface area contributed by atoms with E-state index in [9.17, 15) is 13.2 Å². The van der Waals surface area contributed by atoms with Crippen LogP contribution < -0.4 is 10.2 Å². The highest BCUT2D eigenvalue weighted by atomic mass is 19.4. The van der Waals surface area contributed by atoms with Crippen molar-refractivity contribution in [2.45, 2.75) is 6.18 Å². The van der Waals surface area contributed by atoms with Gasteiger partial charge in [0.25, 0.3) is 0 Å². The summed E-state index contributed by atoms with van der Waals surface area (Å²) < 4.78 is 42.9. The van der Waals surface area contributed by atoms with Crippen molar-refractivity contribution in [1.29, 1.82) is 0 Å². The van der Waals surface area contributed by atoms with Crippen molar-refractivity contribution < 1.29 is 17.9 Å². The van der Waals surface area contributed by atoms with Crippen LogP contribution in [0.3, 0.4) is 0 Å². The van der Waals surface area contributed by atoms with Gasteiger partial charge in [-0.15, -0.1) is 0 Å². The Balaban J connectivity index is 1.72. The van der Waals surface area contributed by atoms with Gasteiger partial charge in [-0.3, -0.25) is 0 Å². The molecule has 8 heteroatoms. The van der Waals surface area contributed by atoms with Crippen LogP contribution in [0, 0.1) is 0 Å². The van der Waals surface area contributed by atoms with E-state index in [2.05, 4.69) is 20.2 Å². The Morgan fingerprint density at radius 2 is 1.74 bits per heavy atom. The smallest absolute Gasteiger partial charge is 0.378 e. The molecule has 2 aromatic rings. The van der Waals surface area contributed by atoms with Gasteiger partial charge in [-0.2, -0.15) is 18.2 Å². The number of nitrogens with one attached hydrogen (secondary N) is 1. The zero-order valence-corrected chi connectivity index (χ0v) is 12.2. The number of alkyl halides is 3. The third kappa shape index (κ3) is 3.89. The SMILES string of the molecule is FC(F)(F)c1ccc(Nc2nccc(N3CCOCC3)n2)cc1. The van der Waals surface area contributed by atoms with Gasteiger partial charge in [-0.1, -0.05) is 0 Å². The van der Waals surface area contributed by atoms with Crippen molar-refractivity contribution >= 4 is 17.5 Å². The molecule has 23 heavy (non-hydrogen) atoms. The Hall–Kier alpha value is -2.35. The van der Waals surface area contributed by atoms with Crippen LogP contribution in [0.25, 0.3) is 0 Å². The molecule has 1 saturated heterocycles. The van der Waals surface area contributed by atoms with Gasteiger partial charge in [-0.05, 0) is 30.3 Å². The van der Waals surface area contributed by atoms with Crippen LogP contribution in [0.2, 0.25) is 0 Å². The molecule has 0 unspecified atom stereocenters. The topological polar surface area (TPSA) is 50.3 Å². The molecule has 0 aliphatic carbocycles. The maximum atomic E-state index is 12.5. The van der Waals surface area contributed by atoms with Crippen molar-refractivity contribution in [3.05, 3.63) is 42.1 Å². The Labute approximate surface area is 131 Å². The number of halogens is 3. The first-order valence-electron chi connectivity index (χ1n) is 7.12. The fraction of sp³-hybridized carbons (Fsp3) is 0.333. The Bertz CT molecular complexity index is 655. The van der Waals surface area contributed by atoms with E-state index in [1.165, 1.54) is 12.1 Å². The molecule has 1 aliphatic rings. The minimum Gasteiger partial charge on any atom is -0.378 e. The van der Waals surface area contributed by atoms with E-state index in [4.69, 9.17) is 4.74 Å². The number of ether oxygens (including phenoxy) is 1. The number of benzene rings is 1. The summed E-state index contributed by atoms with van der Waals surface area (Å²) in [7, 11) is 0. The summed E-state index contributed by atoms with van der Waals surface area (Å²) in [5, 5.41) is 2.91. The largest absolute Gasteiger partial charge is 0.416 e. The van der Waals surface area contributed by atoms with Crippen LogP contribution >= 0.6 is 0 Å². The monoisotopic (exact) mass is 324 g/mol. The second-order valence-corrected chi connectivity index (χ2v) is 5.04. The maximum absolute atomic E-state index is 12.5. The second kappa shape index (κ2) is 6.41. The molecule has 0 atom stereocenters. The molecule has 1 fully saturated rings. The lowest BCUT2D eigenvalue weighted by molar-refractivity contribution is -0.137. The molecule has 0 amide bonds. The van der Waals surface area contributed by atoms with Crippen LogP contribution in [0.4, 0.5) is 30.6 Å². The molecule has 0 spiro atoms. The lowest BCUT2D eigenvalue weighted by Gasteiger charge is -2.27. The molecule has 0 bridgehead atoms. The van der Waals surface area contributed by atoms with Gasteiger partial charge >= 0.3 is 6.18 Å². The Morgan fingerprint density at radius 1 is 1.04 bits per heavy atom. The van der Waals surface area contributed by atoms with E-state index in [1.807, 2.05) is 0 Å². The number of aromatic nitrogens is 2. The van der Waals surface area contributed by atoms with Crippen LogP contribution in [-0.4, -0.2) is 36.3 Å². The predicted molar refractivity (Wildman–Crippen MR) is 79.8 cm³/mol. The highest BCUT2D eigenvalue weighted by molar-refractivity contribution is 5.55. The minimum absolute atomic E-state index is 0.341. The molecule has 5 nitrogen and oxygen atoms in total. The number of morpholine rings is 1. The van der Waals surface area contributed by atoms with Crippen molar-refractivity contribution in [3.63, 3.8) is 0 Å². The van der Waals surface area contributed by atoms with E-state index < -0.39 is 11.7 Å². The summed E-state index contributed by atoms with van der Waals surface area (Å²) in [6.45, 7) is 2.78. The molecule has 1 N–H and O–H groups in total. The average Bonchev–Trinajstić information content (AvgIpc) is 2.56. The molecule has 0 saturated carbocycles. The molecule has 122 valence electrons. The van der Waals surface area contributed by atoms with E-state index in [-0.39, 0.29) is 0 Å². The first kappa shape index (κ1) is 15.5. The van der Waals surface area contributed by atoms with Crippen LogP contribution in [-0.2, 0) is 10.9 Å². The van der Waals surface area contributed by atoms with Gasteiger partial charge in [0.15, 0.2) is 0 Å². The van der Waals surface area contributed by atoms with Gasteiger partial charge in [0.05, 0.1) is 18.8 Å². The third-order valence-electron chi connectivity index (χ3n) is 3.44. The highest BCUT2D eigenvalue weighted by Gasteiger charge is 2.29. The zero-order chi connectivity index (χ0) is 16.3. The van der Waals surface area contributed by atoms with Gasteiger partial charge in [0.1, 0.15) is 5.82 Å². The number of anilines is 3. The van der Waals surface area contributed by atoms with Gasteiger partial charge in [-0.25, -0.2) is 4.98 Å². The summed E-state index contributed by atoms with van der Waals surface area (Å²) in [5.41, 5.74) is -0.192. The van der Waals surface area contributed by atoms with Gasteiger partial charge in [0.2, 0.25) is 5.95 Å². The zero-order valence-electron chi connectivity index (χ0n) is 12.2. The fourth-order valence-corrected chi connectivity index (χ4v) is 2.25. The van der Waals surface area contributed by atoms with E-state index in [0.717, 1.165) is 31.0 Å².